The Balaban J connectivity index is 1.75. The van der Waals surface area contributed by atoms with Crippen molar-refractivity contribution in [3.63, 3.8) is 0 Å². The van der Waals surface area contributed by atoms with E-state index in [1.54, 1.807) is 6.07 Å². The van der Waals surface area contributed by atoms with Gasteiger partial charge in [0, 0.05) is 12.1 Å². The molecule has 2 rings (SSSR count). The molecule has 1 aromatic heterocycles. The van der Waals surface area contributed by atoms with E-state index in [1.165, 1.54) is 6.26 Å². The predicted octanol–water partition coefficient (Wildman–Crippen LogP) is 1.94. The van der Waals surface area contributed by atoms with Gasteiger partial charge in [-0.1, -0.05) is 0 Å². The molecule has 19 heavy (non-hydrogen) atoms. The largest absolute Gasteiger partial charge is 0.478 e. The summed E-state index contributed by atoms with van der Waals surface area (Å²) in [5.74, 6) is -0.260. The fourth-order valence-electron chi connectivity index (χ4n) is 2.45. The van der Waals surface area contributed by atoms with Crippen molar-refractivity contribution < 1.29 is 14.3 Å². The summed E-state index contributed by atoms with van der Waals surface area (Å²) in [5.41, 5.74) is 0.214. The molecule has 1 aromatic rings. The Morgan fingerprint density at radius 1 is 1.53 bits per heavy atom. The Bertz CT molecular complexity index is 420. The zero-order chi connectivity index (χ0) is 13.8. The maximum absolute atomic E-state index is 10.7. The second kappa shape index (κ2) is 6.21. The van der Waals surface area contributed by atoms with Crippen molar-refractivity contribution in [3.8, 4) is 0 Å². The molecular weight excluding hydrogens is 244 g/mol. The standard InChI is InChI=1S/C14H22N2O3/c1-10(2)16-5-3-12(4-6-16)15-8-13-7-11(9-19-13)14(17)18/h7,9-10,12,15H,3-6,8H2,1-2H3,(H,17,18). The quantitative estimate of drug-likeness (QED) is 0.852. The van der Waals surface area contributed by atoms with E-state index in [2.05, 4.69) is 24.1 Å². The smallest absolute Gasteiger partial charge is 0.338 e. The van der Waals surface area contributed by atoms with Gasteiger partial charge >= 0.3 is 5.97 Å². The number of likely N-dealkylation sites (tertiary alicyclic amines) is 1. The van der Waals surface area contributed by atoms with Gasteiger partial charge in [0.15, 0.2) is 0 Å². The molecule has 5 heteroatoms. The number of hydrogen-bond acceptors (Lipinski definition) is 4. The third kappa shape index (κ3) is 3.81. The van der Waals surface area contributed by atoms with E-state index in [4.69, 9.17) is 9.52 Å². The Kier molecular flexibility index (Phi) is 4.61. The van der Waals surface area contributed by atoms with Gasteiger partial charge in [-0.05, 0) is 45.8 Å². The van der Waals surface area contributed by atoms with E-state index < -0.39 is 5.97 Å². The van der Waals surface area contributed by atoms with E-state index in [1.807, 2.05) is 0 Å². The molecule has 0 amide bonds. The summed E-state index contributed by atoms with van der Waals surface area (Å²) in [5, 5.41) is 12.2. The van der Waals surface area contributed by atoms with Crippen molar-refractivity contribution in [1.82, 2.24) is 10.2 Å². The van der Waals surface area contributed by atoms with Crippen LogP contribution in [0.1, 0.15) is 42.8 Å². The predicted molar refractivity (Wildman–Crippen MR) is 72.2 cm³/mol. The first kappa shape index (κ1) is 14.1. The van der Waals surface area contributed by atoms with Crippen LogP contribution in [0.15, 0.2) is 16.7 Å². The first-order valence-corrected chi connectivity index (χ1v) is 6.84. The molecular formula is C14H22N2O3. The highest BCUT2D eigenvalue weighted by atomic mass is 16.4. The lowest BCUT2D eigenvalue weighted by Crippen LogP contribution is -2.44. The van der Waals surface area contributed by atoms with Crippen LogP contribution < -0.4 is 5.32 Å². The number of piperidine rings is 1. The third-order valence-corrected chi connectivity index (χ3v) is 3.73. The van der Waals surface area contributed by atoms with Crippen LogP contribution in [0.3, 0.4) is 0 Å². The normalized spacial score (nSPS) is 18.1. The van der Waals surface area contributed by atoms with Crippen LogP contribution in [0.2, 0.25) is 0 Å². The molecule has 106 valence electrons. The van der Waals surface area contributed by atoms with Crippen molar-refractivity contribution >= 4 is 5.97 Å². The number of carboxylic acids is 1. The van der Waals surface area contributed by atoms with Crippen LogP contribution in [-0.4, -0.2) is 41.1 Å². The van der Waals surface area contributed by atoms with E-state index in [-0.39, 0.29) is 5.56 Å². The van der Waals surface area contributed by atoms with Crippen molar-refractivity contribution in [3.05, 3.63) is 23.7 Å². The molecule has 0 bridgehead atoms. The third-order valence-electron chi connectivity index (χ3n) is 3.73. The fraction of sp³-hybridized carbons (Fsp3) is 0.643. The second-order valence-electron chi connectivity index (χ2n) is 5.39. The average Bonchev–Trinajstić information content (AvgIpc) is 2.86. The average molecular weight is 266 g/mol. The van der Waals surface area contributed by atoms with Crippen molar-refractivity contribution in [2.75, 3.05) is 13.1 Å². The van der Waals surface area contributed by atoms with Gasteiger partial charge in [0.2, 0.25) is 0 Å². The number of aromatic carboxylic acids is 1. The first-order chi connectivity index (χ1) is 9.06. The topological polar surface area (TPSA) is 65.7 Å². The minimum absolute atomic E-state index is 0.214. The highest BCUT2D eigenvalue weighted by Crippen LogP contribution is 2.14. The summed E-state index contributed by atoms with van der Waals surface area (Å²) in [6.45, 7) is 7.29. The summed E-state index contributed by atoms with van der Waals surface area (Å²) in [4.78, 5) is 13.2. The second-order valence-corrected chi connectivity index (χ2v) is 5.39. The Hall–Kier alpha value is -1.33. The van der Waals surface area contributed by atoms with E-state index >= 15 is 0 Å². The molecule has 0 spiro atoms. The van der Waals surface area contributed by atoms with Crippen molar-refractivity contribution in [2.24, 2.45) is 0 Å². The van der Waals surface area contributed by atoms with Gasteiger partial charge in [-0.3, -0.25) is 0 Å². The lowest BCUT2D eigenvalue weighted by molar-refractivity contribution is 0.0696. The molecule has 1 aliphatic rings. The van der Waals surface area contributed by atoms with Gasteiger partial charge in [-0.2, -0.15) is 0 Å². The Labute approximate surface area is 113 Å². The SMILES string of the molecule is CC(C)N1CCC(NCc2cc(C(=O)O)co2)CC1. The summed E-state index contributed by atoms with van der Waals surface area (Å²) >= 11 is 0. The molecule has 0 saturated carbocycles. The maximum atomic E-state index is 10.7. The number of hydrogen-bond donors (Lipinski definition) is 2. The lowest BCUT2D eigenvalue weighted by Gasteiger charge is -2.34. The molecule has 2 N–H and O–H groups in total. The minimum atomic E-state index is -0.944. The molecule has 1 aliphatic heterocycles. The number of carboxylic acid groups (broad SMARTS) is 1. The molecule has 0 aromatic carbocycles. The number of furan rings is 1. The number of rotatable bonds is 5. The summed E-state index contributed by atoms with van der Waals surface area (Å²) in [6.07, 6.45) is 3.55. The molecule has 0 radical (unpaired) electrons. The van der Waals surface area contributed by atoms with Gasteiger partial charge in [0.1, 0.15) is 12.0 Å². The van der Waals surface area contributed by atoms with E-state index in [0.29, 0.717) is 24.4 Å². The van der Waals surface area contributed by atoms with Crippen molar-refractivity contribution in [1.29, 1.82) is 0 Å². The summed E-state index contributed by atoms with van der Waals surface area (Å²) in [6, 6.07) is 2.69. The monoisotopic (exact) mass is 266 g/mol. The van der Waals surface area contributed by atoms with Gasteiger partial charge in [-0.15, -0.1) is 0 Å². The molecule has 0 aliphatic carbocycles. The molecule has 5 nitrogen and oxygen atoms in total. The highest BCUT2D eigenvalue weighted by molar-refractivity contribution is 5.87. The van der Waals surface area contributed by atoms with Crippen LogP contribution in [0.5, 0.6) is 0 Å². The van der Waals surface area contributed by atoms with Gasteiger partial charge < -0.3 is 19.7 Å². The zero-order valence-electron chi connectivity index (χ0n) is 11.6. The first-order valence-electron chi connectivity index (χ1n) is 6.84. The van der Waals surface area contributed by atoms with Gasteiger partial charge in [0.25, 0.3) is 0 Å². The highest BCUT2D eigenvalue weighted by Gasteiger charge is 2.20. The molecule has 1 saturated heterocycles. The van der Waals surface area contributed by atoms with Crippen LogP contribution >= 0.6 is 0 Å². The maximum Gasteiger partial charge on any atom is 0.338 e. The zero-order valence-corrected chi connectivity index (χ0v) is 11.6. The number of nitrogens with zero attached hydrogens (tertiary/aromatic N) is 1. The fourth-order valence-corrected chi connectivity index (χ4v) is 2.45. The number of carbonyl (C=O) groups is 1. The number of nitrogens with one attached hydrogen (secondary N) is 1. The molecule has 0 unspecified atom stereocenters. The van der Waals surface area contributed by atoms with Gasteiger partial charge in [-0.25, -0.2) is 4.79 Å². The Morgan fingerprint density at radius 3 is 2.74 bits per heavy atom. The molecule has 2 heterocycles. The Morgan fingerprint density at radius 2 is 2.21 bits per heavy atom. The van der Waals surface area contributed by atoms with Crippen LogP contribution in [0.25, 0.3) is 0 Å². The van der Waals surface area contributed by atoms with E-state index in [0.717, 1.165) is 25.9 Å². The van der Waals surface area contributed by atoms with Crippen LogP contribution in [0, 0.1) is 0 Å². The summed E-state index contributed by atoms with van der Waals surface area (Å²) in [7, 11) is 0. The lowest BCUT2D eigenvalue weighted by atomic mass is 10.0. The molecule has 1 fully saturated rings. The van der Waals surface area contributed by atoms with Crippen molar-refractivity contribution in [2.45, 2.75) is 45.3 Å². The summed E-state index contributed by atoms with van der Waals surface area (Å²) < 4.78 is 5.22. The van der Waals surface area contributed by atoms with Crippen LogP contribution in [-0.2, 0) is 6.54 Å². The molecule has 0 atom stereocenters. The van der Waals surface area contributed by atoms with Crippen LogP contribution in [0.4, 0.5) is 0 Å². The van der Waals surface area contributed by atoms with E-state index in [9.17, 15) is 4.79 Å². The minimum Gasteiger partial charge on any atom is -0.478 e. The van der Waals surface area contributed by atoms with Gasteiger partial charge in [0.05, 0.1) is 12.1 Å².